The zero-order chi connectivity index (χ0) is 25.0. The SMILES string of the molecule is CSC[C@@H](N)C(N)(C(=O)O)[C@H]1CCN(OC(=O)N2CC[C@H](C(N)(C(=O)O)[C@H](N)CSC)C2)C1. The topological polar surface area (TPSA) is 211 Å². The lowest BCUT2D eigenvalue weighted by Crippen LogP contribution is -2.66. The highest BCUT2D eigenvalue weighted by atomic mass is 32.2. The van der Waals surface area contributed by atoms with E-state index < -0.39 is 53.0 Å². The number of aliphatic carboxylic acids is 2. The number of likely N-dealkylation sites (tertiary alicyclic amines) is 1. The van der Waals surface area contributed by atoms with Crippen LogP contribution in [0.5, 0.6) is 0 Å². The number of rotatable bonds is 11. The summed E-state index contributed by atoms with van der Waals surface area (Å²) in [6, 6.07) is -1.53. The predicted octanol–water partition coefficient (Wildman–Crippen LogP) is -1.37. The van der Waals surface area contributed by atoms with Crippen LogP contribution in [0.4, 0.5) is 4.79 Å². The van der Waals surface area contributed by atoms with Gasteiger partial charge < -0.3 is 42.9 Å². The van der Waals surface area contributed by atoms with Gasteiger partial charge in [0.1, 0.15) is 11.1 Å². The molecule has 2 aliphatic heterocycles. The van der Waals surface area contributed by atoms with Crippen LogP contribution in [0.2, 0.25) is 0 Å². The van der Waals surface area contributed by atoms with E-state index in [0.717, 1.165) is 0 Å². The van der Waals surface area contributed by atoms with Crippen molar-refractivity contribution in [1.82, 2.24) is 9.96 Å². The first-order valence-electron chi connectivity index (χ1n) is 10.7. The fourth-order valence-electron chi connectivity index (χ4n) is 4.59. The Kier molecular flexibility index (Phi) is 9.68. The molecule has 2 heterocycles. The van der Waals surface area contributed by atoms with Crippen LogP contribution in [0.15, 0.2) is 0 Å². The second kappa shape index (κ2) is 11.4. The monoisotopic (exact) mass is 508 g/mol. The lowest BCUT2D eigenvalue weighted by atomic mass is 9.79. The van der Waals surface area contributed by atoms with Crippen LogP contribution >= 0.6 is 23.5 Å². The van der Waals surface area contributed by atoms with Crippen LogP contribution in [0.3, 0.4) is 0 Å². The molecule has 190 valence electrons. The highest BCUT2D eigenvalue weighted by Gasteiger charge is 2.52. The summed E-state index contributed by atoms with van der Waals surface area (Å²) in [7, 11) is 0. The van der Waals surface area contributed by atoms with Gasteiger partial charge in [0, 0.05) is 61.6 Å². The summed E-state index contributed by atoms with van der Waals surface area (Å²) in [6.07, 6.45) is 3.79. The Balaban J connectivity index is 2.00. The molecule has 2 unspecified atom stereocenters. The van der Waals surface area contributed by atoms with Crippen LogP contribution in [-0.4, -0.2) is 112 Å². The van der Waals surface area contributed by atoms with E-state index in [0.29, 0.717) is 30.9 Å². The van der Waals surface area contributed by atoms with Gasteiger partial charge in [-0.05, 0) is 25.4 Å². The molecule has 12 nitrogen and oxygen atoms in total. The average Bonchev–Trinajstić information content (AvgIpc) is 3.42. The molecule has 0 saturated carbocycles. The predicted molar refractivity (Wildman–Crippen MR) is 128 cm³/mol. The van der Waals surface area contributed by atoms with Gasteiger partial charge in [-0.3, -0.25) is 9.59 Å². The molecule has 2 aliphatic rings. The van der Waals surface area contributed by atoms with Gasteiger partial charge in [0.2, 0.25) is 0 Å². The van der Waals surface area contributed by atoms with Crippen LogP contribution in [0.1, 0.15) is 12.8 Å². The summed E-state index contributed by atoms with van der Waals surface area (Å²) in [4.78, 5) is 43.5. The van der Waals surface area contributed by atoms with Crippen molar-refractivity contribution in [2.45, 2.75) is 36.0 Å². The minimum atomic E-state index is -1.66. The zero-order valence-electron chi connectivity index (χ0n) is 19.0. The van der Waals surface area contributed by atoms with Gasteiger partial charge in [0.25, 0.3) is 0 Å². The van der Waals surface area contributed by atoms with Crippen molar-refractivity contribution >= 4 is 41.6 Å². The first-order chi connectivity index (χ1) is 15.4. The van der Waals surface area contributed by atoms with Crippen LogP contribution < -0.4 is 22.9 Å². The average molecular weight is 509 g/mol. The highest BCUT2D eigenvalue weighted by Crippen LogP contribution is 2.32. The third-order valence-corrected chi connectivity index (χ3v) is 8.20. The van der Waals surface area contributed by atoms with E-state index >= 15 is 0 Å². The molecule has 10 N–H and O–H groups in total. The highest BCUT2D eigenvalue weighted by molar-refractivity contribution is 7.98. The summed E-state index contributed by atoms with van der Waals surface area (Å²) in [6.45, 7) is 0.853. The first-order valence-corrected chi connectivity index (χ1v) is 13.5. The molecule has 33 heavy (non-hydrogen) atoms. The molecule has 0 aliphatic carbocycles. The van der Waals surface area contributed by atoms with Crippen molar-refractivity contribution in [3.63, 3.8) is 0 Å². The van der Waals surface area contributed by atoms with Gasteiger partial charge in [-0.2, -0.15) is 23.5 Å². The van der Waals surface area contributed by atoms with Gasteiger partial charge in [-0.1, -0.05) is 0 Å². The lowest BCUT2D eigenvalue weighted by Gasteiger charge is -2.36. The number of carbonyl (C=O) groups is 3. The minimum absolute atomic E-state index is 0.107. The number of hydrogen-bond donors (Lipinski definition) is 6. The molecular formula is C19H36N6O6S2. The number of nitrogens with zero attached hydrogens (tertiary/aromatic N) is 2. The standard InChI is InChI=1S/C19H36N6O6S2/c1-32-9-13(20)18(22,15(26)27)11-3-5-24(7-11)17(30)31-25-6-4-12(8-25)19(23,16(28)29)14(21)10-33-2/h11-14H,3-10,20-23H2,1-2H3,(H,26,27)(H,28,29)/t11-,12-,13+,14+,18?,19?/m0/s1. The minimum Gasteiger partial charge on any atom is -0.480 e. The second-order valence-electron chi connectivity index (χ2n) is 8.76. The van der Waals surface area contributed by atoms with Crippen LogP contribution in [0.25, 0.3) is 0 Å². The maximum atomic E-state index is 12.7. The summed E-state index contributed by atoms with van der Waals surface area (Å²) in [5.41, 5.74) is 21.3. The summed E-state index contributed by atoms with van der Waals surface area (Å²) in [5, 5.41) is 20.9. The third kappa shape index (κ3) is 5.69. The Morgan fingerprint density at radius 2 is 1.39 bits per heavy atom. The molecule has 0 aromatic carbocycles. The molecule has 0 aromatic heterocycles. The quantitative estimate of drug-likeness (QED) is 0.190. The van der Waals surface area contributed by atoms with Gasteiger partial charge in [0.05, 0.1) is 0 Å². The second-order valence-corrected chi connectivity index (χ2v) is 10.6. The molecule has 0 radical (unpaired) electrons. The van der Waals surface area contributed by atoms with Crippen molar-refractivity contribution in [1.29, 1.82) is 0 Å². The van der Waals surface area contributed by atoms with Crippen molar-refractivity contribution in [2.75, 3.05) is 50.2 Å². The largest absolute Gasteiger partial charge is 0.480 e. The molecule has 0 aromatic rings. The Labute approximate surface area is 202 Å². The van der Waals surface area contributed by atoms with E-state index in [1.54, 1.807) is 0 Å². The Morgan fingerprint density at radius 1 is 0.939 bits per heavy atom. The normalized spacial score (nSPS) is 26.9. The fraction of sp³-hybridized carbons (Fsp3) is 0.842. The first kappa shape index (κ1) is 28.0. The van der Waals surface area contributed by atoms with Crippen LogP contribution in [0, 0.1) is 11.8 Å². The molecule has 2 saturated heterocycles. The van der Waals surface area contributed by atoms with Gasteiger partial charge >= 0.3 is 18.0 Å². The third-order valence-electron chi connectivity index (χ3n) is 6.82. The van der Waals surface area contributed by atoms with E-state index in [-0.39, 0.29) is 19.6 Å². The number of hydroxylamine groups is 2. The molecule has 0 bridgehead atoms. The summed E-state index contributed by atoms with van der Waals surface area (Å²) in [5.74, 6) is -2.63. The van der Waals surface area contributed by atoms with Crippen molar-refractivity contribution in [3.8, 4) is 0 Å². The van der Waals surface area contributed by atoms with Crippen molar-refractivity contribution in [2.24, 2.45) is 34.8 Å². The smallest absolute Gasteiger partial charge is 0.428 e. The number of nitrogens with two attached hydrogens (primary N) is 4. The molecular weight excluding hydrogens is 472 g/mol. The number of carboxylic acids is 2. The van der Waals surface area contributed by atoms with E-state index in [9.17, 15) is 24.6 Å². The Bertz CT molecular complexity index is 735. The maximum absolute atomic E-state index is 12.7. The molecule has 2 rings (SSSR count). The van der Waals surface area contributed by atoms with Gasteiger partial charge in [-0.25, -0.2) is 4.79 Å². The van der Waals surface area contributed by atoms with E-state index in [2.05, 4.69) is 0 Å². The van der Waals surface area contributed by atoms with Gasteiger partial charge in [0.15, 0.2) is 0 Å². The molecule has 0 spiro atoms. The number of carbonyl (C=O) groups excluding carboxylic acids is 1. The maximum Gasteiger partial charge on any atom is 0.428 e. The number of amides is 1. The van der Waals surface area contributed by atoms with Crippen molar-refractivity contribution < 1.29 is 29.4 Å². The number of carboxylic acid groups (broad SMARTS) is 2. The summed E-state index contributed by atoms with van der Waals surface area (Å²) < 4.78 is 0. The molecule has 14 heteroatoms. The fourth-order valence-corrected chi connectivity index (χ4v) is 5.86. The van der Waals surface area contributed by atoms with E-state index in [4.69, 9.17) is 27.8 Å². The van der Waals surface area contributed by atoms with Crippen molar-refractivity contribution in [3.05, 3.63) is 0 Å². The Hall–Kier alpha value is -1.29. The number of hydrogen-bond acceptors (Lipinski definition) is 11. The molecule has 6 atom stereocenters. The zero-order valence-corrected chi connectivity index (χ0v) is 20.6. The van der Waals surface area contributed by atoms with Crippen LogP contribution in [-0.2, 0) is 14.4 Å². The van der Waals surface area contributed by atoms with Gasteiger partial charge in [-0.15, -0.1) is 5.06 Å². The molecule has 1 amide bonds. The number of thioether (sulfide) groups is 2. The molecule has 2 fully saturated rings. The Morgan fingerprint density at radius 3 is 1.85 bits per heavy atom. The lowest BCUT2D eigenvalue weighted by molar-refractivity contribution is -0.148. The van der Waals surface area contributed by atoms with E-state index in [1.807, 2.05) is 12.5 Å². The summed E-state index contributed by atoms with van der Waals surface area (Å²) >= 11 is 2.82. The van der Waals surface area contributed by atoms with E-state index in [1.165, 1.54) is 33.5 Å².